The van der Waals surface area contributed by atoms with Crippen LogP contribution in [0, 0.1) is 0 Å². The minimum absolute atomic E-state index is 0.238. The fraction of sp³-hybridized carbons (Fsp3) is 0.182. The van der Waals surface area contributed by atoms with Crippen molar-refractivity contribution >= 4 is 74.1 Å². The highest BCUT2D eigenvalue weighted by Crippen LogP contribution is 2.40. The molecule has 1 amide bonds. The van der Waals surface area contributed by atoms with Crippen LogP contribution in [-0.2, 0) is 28.4 Å². The van der Waals surface area contributed by atoms with Gasteiger partial charge < -0.3 is 4.57 Å². The molecule has 10 heteroatoms. The third kappa shape index (κ3) is 4.50. The number of para-hydroxylation sites is 1. The molecule has 0 bridgehead atoms. The highest BCUT2D eigenvalue weighted by molar-refractivity contribution is 7.86. The lowest BCUT2D eigenvalue weighted by atomic mass is 9.79. The van der Waals surface area contributed by atoms with E-state index in [-0.39, 0.29) is 17.5 Å². The molecular weight excluding hydrogens is 562 g/mol. The first-order valence-corrected chi connectivity index (χ1v) is 15.4. The Kier molecular flexibility index (Phi) is 6.41. The number of fused-ring (bicyclic) bond motifs is 7. The normalized spacial score (nSPS) is 21.7. The number of hydrogen-bond donors (Lipinski definition) is 1. The molecule has 0 saturated heterocycles. The molecule has 43 heavy (non-hydrogen) atoms. The number of nitrogens with zero attached hydrogens (tertiary/aromatic N) is 5. The molecule has 1 aromatic heterocycles. The summed E-state index contributed by atoms with van der Waals surface area (Å²) in [5.74, 6) is -0.833. The topological polar surface area (TPSA) is 126 Å². The lowest BCUT2D eigenvalue weighted by Crippen LogP contribution is -2.39. The van der Waals surface area contributed by atoms with Gasteiger partial charge in [0.25, 0.3) is 10.1 Å². The average Bonchev–Trinajstić information content (AvgIpc) is 3.62. The van der Waals surface area contributed by atoms with Crippen LogP contribution in [-0.4, -0.2) is 52.9 Å². The van der Waals surface area contributed by atoms with Crippen molar-refractivity contribution in [3.8, 4) is 0 Å². The summed E-state index contributed by atoms with van der Waals surface area (Å²) < 4.78 is 37.8. The van der Waals surface area contributed by atoms with Gasteiger partial charge in [0.15, 0.2) is 11.5 Å². The van der Waals surface area contributed by atoms with Gasteiger partial charge in [-0.25, -0.2) is 15.0 Å². The van der Waals surface area contributed by atoms with Crippen molar-refractivity contribution in [2.45, 2.75) is 30.4 Å². The first-order chi connectivity index (χ1) is 20.7. The molecule has 0 radical (unpaired) electrons. The average molecular weight is 590 g/mol. The third-order valence-electron chi connectivity index (χ3n) is 8.64. The molecule has 1 N–H and O–H groups in total. The number of carbonyl (C=O) groups is 1. The zero-order valence-electron chi connectivity index (χ0n) is 23.4. The lowest BCUT2D eigenvalue weighted by Gasteiger charge is -2.33. The van der Waals surface area contributed by atoms with Crippen molar-refractivity contribution < 1.29 is 17.8 Å². The Morgan fingerprint density at radius 3 is 2.51 bits per heavy atom. The number of allylic oxidation sites excluding steroid dienone is 2. The van der Waals surface area contributed by atoms with Gasteiger partial charge in [0.05, 0.1) is 0 Å². The molecule has 4 aliphatic rings. The standard InChI is InChI=1S/C28H25NO3S.C5H2N4O/c1-17-20-13-14-22-21-9-5-3-7-18(21)11-12-23(22)24(20)16-25(28(17)33(30,31)32)27-15-19-8-4-6-10-26(19)29(27)2;10-5-3-4(7-1-6-3)8-2-9-5/h3-6,8-17,25,28H,7H2,1-2H3,(H,30,31,32);1-2H. The van der Waals surface area contributed by atoms with Crippen LogP contribution in [0.15, 0.2) is 86.7 Å². The Hall–Kier alpha value is -4.80. The van der Waals surface area contributed by atoms with E-state index in [1.807, 2.05) is 44.3 Å². The van der Waals surface area contributed by atoms with Gasteiger partial charge in [0.2, 0.25) is 0 Å². The molecule has 4 aromatic rings. The van der Waals surface area contributed by atoms with Crippen molar-refractivity contribution in [3.63, 3.8) is 0 Å². The molecule has 214 valence electrons. The van der Waals surface area contributed by atoms with E-state index in [9.17, 15) is 17.8 Å². The second kappa shape index (κ2) is 10.2. The number of aryl methyl sites for hydroxylation is 1. The molecule has 0 saturated carbocycles. The Balaban J connectivity index is 0.000000253. The van der Waals surface area contributed by atoms with Gasteiger partial charge in [-0.2, -0.15) is 13.4 Å². The van der Waals surface area contributed by atoms with E-state index in [0.29, 0.717) is 5.84 Å². The van der Waals surface area contributed by atoms with Crippen LogP contribution in [0.2, 0.25) is 0 Å². The molecule has 0 spiro atoms. The largest absolute Gasteiger partial charge is 0.347 e. The maximum atomic E-state index is 12.7. The van der Waals surface area contributed by atoms with Crippen LogP contribution in [0.4, 0.5) is 0 Å². The second-order valence-electron chi connectivity index (χ2n) is 11.0. The molecular formula is C33H27N5O4S. The van der Waals surface area contributed by atoms with Gasteiger partial charge in [-0.1, -0.05) is 73.7 Å². The maximum absolute atomic E-state index is 12.7. The number of amides is 1. The van der Waals surface area contributed by atoms with Gasteiger partial charge in [-0.3, -0.25) is 9.35 Å². The van der Waals surface area contributed by atoms with Crippen molar-refractivity contribution in [1.29, 1.82) is 0 Å². The highest BCUT2D eigenvalue weighted by Gasteiger charge is 2.41. The Labute approximate surface area is 247 Å². The monoisotopic (exact) mass is 589 g/mol. The molecule has 2 aliphatic heterocycles. The van der Waals surface area contributed by atoms with Crippen LogP contribution in [0.5, 0.6) is 0 Å². The van der Waals surface area contributed by atoms with Crippen molar-refractivity contribution in [2.75, 3.05) is 0 Å². The molecule has 3 heterocycles. The first kappa shape index (κ1) is 27.1. The van der Waals surface area contributed by atoms with E-state index < -0.39 is 21.3 Å². The zero-order chi connectivity index (χ0) is 29.9. The van der Waals surface area contributed by atoms with Crippen molar-refractivity contribution in [2.24, 2.45) is 27.0 Å². The fourth-order valence-corrected chi connectivity index (χ4v) is 7.87. The predicted octanol–water partition coefficient (Wildman–Crippen LogP) is 3.60. The van der Waals surface area contributed by atoms with Gasteiger partial charge in [0.1, 0.15) is 17.9 Å². The molecule has 2 aliphatic carbocycles. The number of benzene rings is 3. The van der Waals surface area contributed by atoms with E-state index in [1.54, 1.807) is 0 Å². The van der Waals surface area contributed by atoms with Crippen LogP contribution >= 0.6 is 0 Å². The van der Waals surface area contributed by atoms with Crippen LogP contribution < -0.4 is 10.4 Å². The summed E-state index contributed by atoms with van der Waals surface area (Å²) in [6.07, 6.45) is 11.9. The smallest absolute Gasteiger partial charge is 0.301 e. The van der Waals surface area contributed by atoms with E-state index in [1.165, 1.54) is 28.8 Å². The van der Waals surface area contributed by atoms with Crippen molar-refractivity contribution in [1.82, 2.24) is 4.57 Å². The summed E-state index contributed by atoms with van der Waals surface area (Å²) in [7, 11) is -2.33. The van der Waals surface area contributed by atoms with E-state index >= 15 is 0 Å². The summed E-state index contributed by atoms with van der Waals surface area (Å²) in [6, 6.07) is 18.6. The minimum Gasteiger partial charge on any atom is -0.347 e. The van der Waals surface area contributed by atoms with Crippen molar-refractivity contribution in [3.05, 3.63) is 94.0 Å². The second-order valence-corrected chi connectivity index (χ2v) is 12.5. The number of aliphatic imine (C=N–C) groups is 4. The van der Waals surface area contributed by atoms with Gasteiger partial charge in [-0.05, 0) is 56.3 Å². The summed E-state index contributed by atoms with van der Waals surface area (Å²) in [6.45, 7) is 1.92. The summed E-state index contributed by atoms with van der Waals surface area (Å²) in [5.41, 5.74) is 4.44. The molecule has 0 fully saturated rings. The van der Waals surface area contributed by atoms with E-state index in [4.69, 9.17) is 0 Å². The highest BCUT2D eigenvalue weighted by atomic mass is 32.2. The SMILES string of the molecule is CC1c2ccc3c4c(ccc3c2=CC(c2cc3ccccc3n2C)C1S(=O)(=O)O)CC=CC=4.O=C1N=CN=C2N=CN=C12. The van der Waals surface area contributed by atoms with Crippen LogP contribution in [0.1, 0.15) is 35.6 Å². The lowest BCUT2D eigenvalue weighted by molar-refractivity contribution is -0.111. The van der Waals surface area contributed by atoms with Gasteiger partial charge in [0, 0.05) is 30.1 Å². The molecule has 3 aromatic carbocycles. The quantitative estimate of drug-likeness (QED) is 0.359. The Bertz CT molecular complexity index is 2250. The number of aromatic nitrogens is 1. The summed E-state index contributed by atoms with van der Waals surface area (Å²) in [5, 5.41) is 4.72. The Morgan fingerprint density at radius 1 is 0.953 bits per heavy atom. The number of amidine groups is 1. The van der Waals surface area contributed by atoms with E-state index in [0.717, 1.165) is 39.2 Å². The maximum Gasteiger partial charge on any atom is 0.301 e. The third-order valence-corrected chi connectivity index (χ3v) is 10.0. The number of carbonyl (C=O) groups excluding carboxylic acids is 1. The molecule has 3 unspecified atom stereocenters. The minimum atomic E-state index is -4.30. The fourth-order valence-electron chi connectivity index (χ4n) is 6.62. The van der Waals surface area contributed by atoms with Gasteiger partial charge in [-0.15, -0.1) is 0 Å². The summed E-state index contributed by atoms with van der Waals surface area (Å²) in [4.78, 5) is 25.3. The molecule has 9 nitrogen and oxygen atoms in total. The predicted molar refractivity (Wildman–Crippen MR) is 171 cm³/mol. The van der Waals surface area contributed by atoms with Gasteiger partial charge >= 0.3 is 5.91 Å². The van der Waals surface area contributed by atoms with Crippen LogP contribution in [0.3, 0.4) is 0 Å². The first-order valence-electron chi connectivity index (χ1n) is 13.9. The molecule has 3 atom stereocenters. The van der Waals surface area contributed by atoms with Crippen LogP contribution in [0.25, 0.3) is 33.8 Å². The number of rotatable bonds is 2. The number of hydrogen-bond acceptors (Lipinski definition) is 6. The zero-order valence-corrected chi connectivity index (χ0v) is 24.2. The Morgan fingerprint density at radius 2 is 1.72 bits per heavy atom. The summed E-state index contributed by atoms with van der Waals surface area (Å²) >= 11 is 0. The van der Waals surface area contributed by atoms with E-state index in [2.05, 4.69) is 73.1 Å². The molecule has 8 rings (SSSR count).